The number of hydrogen-bond donors (Lipinski definition) is 2. The summed E-state index contributed by atoms with van der Waals surface area (Å²) in [4.78, 5) is 24.8. The van der Waals surface area contributed by atoms with Gasteiger partial charge in [-0.25, -0.2) is 13.2 Å². The minimum absolute atomic E-state index is 0.0153. The van der Waals surface area contributed by atoms with Gasteiger partial charge in [-0.1, -0.05) is 25.5 Å². The molecule has 0 aliphatic heterocycles. The van der Waals surface area contributed by atoms with E-state index in [0.717, 1.165) is 12.8 Å². The first kappa shape index (κ1) is 21.4. The van der Waals surface area contributed by atoms with Gasteiger partial charge in [0.15, 0.2) is 5.78 Å². The number of carbonyl (C=O) groups is 2. The van der Waals surface area contributed by atoms with Crippen molar-refractivity contribution in [1.29, 1.82) is 0 Å². The number of ketones is 1. The summed E-state index contributed by atoms with van der Waals surface area (Å²) in [5.41, 5.74) is 1.10. The normalized spacial score (nSPS) is 11.1. The summed E-state index contributed by atoms with van der Waals surface area (Å²) in [5, 5.41) is 9.53. The molecule has 2 rings (SSSR count). The van der Waals surface area contributed by atoms with Gasteiger partial charge in [0, 0.05) is 24.8 Å². The van der Waals surface area contributed by atoms with Crippen molar-refractivity contribution < 1.29 is 23.1 Å². The Bertz CT molecular complexity index is 969. The number of anilines is 2. The summed E-state index contributed by atoms with van der Waals surface area (Å²) in [5.74, 6) is -1.30. The largest absolute Gasteiger partial charge is 0.478 e. The van der Waals surface area contributed by atoms with Crippen LogP contribution in [-0.2, 0) is 10.0 Å². The highest BCUT2D eigenvalue weighted by Crippen LogP contribution is 2.26. The van der Waals surface area contributed by atoms with E-state index in [1.165, 1.54) is 43.3 Å². The maximum absolute atomic E-state index is 12.6. The van der Waals surface area contributed by atoms with Crippen molar-refractivity contribution >= 4 is 33.2 Å². The van der Waals surface area contributed by atoms with Crippen LogP contribution in [0.4, 0.5) is 11.4 Å². The number of rotatable bonds is 9. The highest BCUT2D eigenvalue weighted by Gasteiger charge is 2.18. The molecule has 0 heterocycles. The van der Waals surface area contributed by atoms with E-state index in [9.17, 15) is 23.1 Å². The van der Waals surface area contributed by atoms with E-state index >= 15 is 0 Å². The number of sulfonamides is 1. The second kappa shape index (κ2) is 8.88. The van der Waals surface area contributed by atoms with Crippen molar-refractivity contribution in [2.24, 2.45) is 0 Å². The molecule has 0 amide bonds. The first-order chi connectivity index (χ1) is 13.2. The van der Waals surface area contributed by atoms with Crippen molar-refractivity contribution in [1.82, 2.24) is 0 Å². The Morgan fingerprint density at radius 3 is 2.29 bits per heavy atom. The molecule has 2 aromatic rings. The quantitative estimate of drug-likeness (QED) is 0.619. The van der Waals surface area contributed by atoms with Gasteiger partial charge >= 0.3 is 5.97 Å². The number of unbranched alkanes of at least 4 members (excludes halogenated alkanes) is 1. The maximum Gasteiger partial charge on any atom is 0.337 e. The fourth-order valence-corrected chi connectivity index (χ4v) is 3.75. The molecule has 0 spiro atoms. The summed E-state index contributed by atoms with van der Waals surface area (Å²) in [6, 6.07) is 9.98. The molecular weight excluding hydrogens is 380 g/mol. The topological polar surface area (TPSA) is 104 Å². The smallest absolute Gasteiger partial charge is 0.337 e. The summed E-state index contributed by atoms with van der Waals surface area (Å²) in [6.07, 6.45) is 1.90. The Morgan fingerprint density at radius 1 is 1.11 bits per heavy atom. The summed E-state index contributed by atoms with van der Waals surface area (Å²) in [7, 11) is -2.11. The van der Waals surface area contributed by atoms with Gasteiger partial charge in [-0.3, -0.25) is 9.52 Å². The molecule has 28 heavy (non-hydrogen) atoms. The van der Waals surface area contributed by atoms with E-state index < -0.39 is 16.0 Å². The van der Waals surface area contributed by atoms with Gasteiger partial charge in [0.05, 0.1) is 16.1 Å². The highest BCUT2D eigenvalue weighted by atomic mass is 32.2. The van der Waals surface area contributed by atoms with E-state index in [1.807, 2.05) is 11.8 Å². The molecule has 0 aliphatic rings. The number of carboxylic acids is 1. The molecule has 0 saturated heterocycles. The molecule has 0 unspecified atom stereocenters. The minimum atomic E-state index is -3.91. The van der Waals surface area contributed by atoms with Crippen LogP contribution in [0.5, 0.6) is 0 Å². The molecule has 8 heteroatoms. The zero-order valence-electron chi connectivity index (χ0n) is 16.1. The summed E-state index contributed by atoms with van der Waals surface area (Å²) >= 11 is 0. The number of aromatic carboxylic acids is 1. The van der Waals surface area contributed by atoms with E-state index in [2.05, 4.69) is 4.72 Å². The average Bonchev–Trinajstić information content (AvgIpc) is 2.65. The van der Waals surface area contributed by atoms with Crippen LogP contribution < -0.4 is 9.62 Å². The summed E-state index contributed by atoms with van der Waals surface area (Å²) < 4.78 is 27.5. The van der Waals surface area contributed by atoms with Crippen LogP contribution in [-0.4, -0.2) is 38.9 Å². The molecule has 0 aliphatic carbocycles. The van der Waals surface area contributed by atoms with Crippen LogP contribution in [0.25, 0.3) is 0 Å². The fraction of sp³-hybridized carbons (Fsp3) is 0.300. The molecule has 7 nitrogen and oxygen atoms in total. The number of nitrogens with one attached hydrogen (secondary N) is 1. The molecule has 0 bridgehead atoms. The van der Waals surface area contributed by atoms with Crippen LogP contribution in [0.1, 0.15) is 47.4 Å². The lowest BCUT2D eigenvalue weighted by atomic mass is 10.1. The molecule has 0 atom stereocenters. The van der Waals surface area contributed by atoms with Gasteiger partial charge < -0.3 is 10.0 Å². The van der Waals surface area contributed by atoms with Gasteiger partial charge in [0.25, 0.3) is 10.0 Å². The second-order valence-electron chi connectivity index (χ2n) is 6.50. The number of Topliss-reactive ketones (excluding diaryl/α,β-unsaturated/α-hetero) is 1. The van der Waals surface area contributed by atoms with Crippen molar-refractivity contribution in [3.8, 4) is 0 Å². The van der Waals surface area contributed by atoms with Crippen LogP contribution in [0, 0.1) is 0 Å². The Balaban J connectivity index is 2.31. The molecule has 150 valence electrons. The number of benzene rings is 2. The molecule has 0 aromatic heterocycles. The fourth-order valence-electron chi connectivity index (χ4n) is 2.70. The van der Waals surface area contributed by atoms with E-state index in [-0.39, 0.29) is 21.9 Å². The maximum atomic E-state index is 12.6. The lowest BCUT2D eigenvalue weighted by Crippen LogP contribution is -2.21. The van der Waals surface area contributed by atoms with Gasteiger partial charge in [-0.15, -0.1) is 0 Å². The predicted octanol–water partition coefficient (Wildman–Crippen LogP) is 3.62. The third kappa shape index (κ3) is 5.10. The summed E-state index contributed by atoms with van der Waals surface area (Å²) in [6.45, 7) is 4.14. The second-order valence-corrected chi connectivity index (χ2v) is 8.18. The highest BCUT2D eigenvalue weighted by molar-refractivity contribution is 7.92. The molecule has 0 fully saturated rings. The van der Waals surface area contributed by atoms with E-state index in [4.69, 9.17) is 0 Å². The van der Waals surface area contributed by atoms with Crippen molar-refractivity contribution in [3.63, 3.8) is 0 Å². The van der Waals surface area contributed by atoms with Crippen LogP contribution in [0.3, 0.4) is 0 Å². The number of carboxylic acid groups (broad SMARTS) is 1. The molecule has 0 radical (unpaired) electrons. The van der Waals surface area contributed by atoms with Gasteiger partial charge in [0.2, 0.25) is 0 Å². The van der Waals surface area contributed by atoms with Crippen molar-refractivity contribution in [2.45, 2.75) is 31.6 Å². The molecule has 2 N–H and O–H groups in total. The molecular formula is C20H24N2O5S. The number of carbonyl (C=O) groups excluding carboxylic acids is 1. The average molecular weight is 404 g/mol. The van der Waals surface area contributed by atoms with Crippen LogP contribution in [0.15, 0.2) is 47.4 Å². The Morgan fingerprint density at radius 2 is 1.75 bits per heavy atom. The van der Waals surface area contributed by atoms with E-state index in [1.54, 1.807) is 13.1 Å². The standard InChI is InChI=1S/C20H24N2O5S/c1-4-5-12-22(3)19-11-8-16(13-18(19)20(24)25)21-28(26,27)17-9-6-15(7-10-17)14(2)23/h6-11,13,21H,4-5,12H2,1-3H3,(H,24,25). The van der Waals surface area contributed by atoms with Crippen molar-refractivity contribution in [2.75, 3.05) is 23.2 Å². The lowest BCUT2D eigenvalue weighted by molar-refractivity contribution is 0.0697. The predicted molar refractivity (Wildman–Crippen MR) is 109 cm³/mol. The van der Waals surface area contributed by atoms with Crippen LogP contribution in [0.2, 0.25) is 0 Å². The lowest BCUT2D eigenvalue weighted by Gasteiger charge is -2.21. The zero-order chi connectivity index (χ0) is 20.9. The van der Waals surface area contributed by atoms with Gasteiger partial charge in [-0.05, 0) is 43.7 Å². The Labute approximate surface area is 165 Å². The van der Waals surface area contributed by atoms with Gasteiger partial charge in [0.1, 0.15) is 0 Å². The zero-order valence-corrected chi connectivity index (χ0v) is 16.9. The Kier molecular flexibility index (Phi) is 6.80. The van der Waals surface area contributed by atoms with Crippen molar-refractivity contribution in [3.05, 3.63) is 53.6 Å². The minimum Gasteiger partial charge on any atom is -0.478 e. The third-order valence-corrected chi connectivity index (χ3v) is 5.71. The third-order valence-electron chi connectivity index (χ3n) is 4.31. The first-order valence-corrected chi connectivity index (χ1v) is 10.4. The number of hydrogen-bond acceptors (Lipinski definition) is 5. The number of nitrogens with zero attached hydrogens (tertiary/aromatic N) is 1. The monoisotopic (exact) mass is 404 g/mol. The Hall–Kier alpha value is -2.87. The molecule has 2 aromatic carbocycles. The SMILES string of the molecule is CCCCN(C)c1ccc(NS(=O)(=O)c2ccc(C(C)=O)cc2)cc1C(=O)O. The molecule has 0 saturated carbocycles. The van der Waals surface area contributed by atoms with Crippen LogP contribution >= 0.6 is 0 Å². The van der Waals surface area contributed by atoms with E-state index in [0.29, 0.717) is 17.8 Å². The van der Waals surface area contributed by atoms with Gasteiger partial charge in [-0.2, -0.15) is 0 Å². The first-order valence-electron chi connectivity index (χ1n) is 8.88.